The van der Waals surface area contributed by atoms with Gasteiger partial charge in [-0.05, 0) is 0 Å². The van der Waals surface area contributed by atoms with Gasteiger partial charge in [0.05, 0.1) is 12.9 Å². The number of hydrogen-bond acceptors (Lipinski definition) is 7. The van der Waals surface area contributed by atoms with Crippen molar-refractivity contribution in [3.05, 3.63) is 18.2 Å². The maximum atomic E-state index is 10.3. The van der Waals surface area contributed by atoms with Crippen molar-refractivity contribution in [3.8, 4) is 0 Å². The van der Waals surface area contributed by atoms with Crippen molar-refractivity contribution >= 4 is 11.9 Å². The molecule has 0 amide bonds. The van der Waals surface area contributed by atoms with Gasteiger partial charge in [-0.25, -0.2) is 4.98 Å². The summed E-state index contributed by atoms with van der Waals surface area (Å²) in [5, 5.41) is 27.3. The van der Waals surface area contributed by atoms with Crippen LogP contribution in [0.3, 0.4) is 0 Å². The Kier molecular flexibility index (Phi) is 9.71. The molecule has 0 aromatic carbocycles. The highest BCUT2D eigenvalue weighted by Crippen LogP contribution is 1.95. The van der Waals surface area contributed by atoms with E-state index in [1.165, 1.54) is 19.4 Å². The second kappa shape index (κ2) is 10.7. The molecule has 0 radical (unpaired) electrons. The molecular weight excluding hydrogens is 282 g/mol. The average molecular weight is 303 g/mol. The SMILES string of the molecule is C1CN1.NC(CO)C(=O)O.NC(Cc1cnc[nH]1)C(=O)O. The van der Waals surface area contributed by atoms with Crippen LogP contribution in [0.25, 0.3) is 0 Å². The third-order valence-electron chi connectivity index (χ3n) is 2.08. The molecular formula is C11H21N5O5. The minimum atomic E-state index is -1.18. The number of nitrogens with zero attached hydrogens (tertiary/aromatic N) is 1. The zero-order valence-electron chi connectivity index (χ0n) is 11.4. The summed E-state index contributed by atoms with van der Waals surface area (Å²) < 4.78 is 0. The van der Waals surface area contributed by atoms with E-state index in [2.05, 4.69) is 15.3 Å². The lowest BCUT2D eigenvalue weighted by Crippen LogP contribution is -2.33. The quantitative estimate of drug-likeness (QED) is 0.284. The third-order valence-corrected chi connectivity index (χ3v) is 2.08. The van der Waals surface area contributed by atoms with E-state index in [9.17, 15) is 9.59 Å². The highest BCUT2D eigenvalue weighted by atomic mass is 16.4. The van der Waals surface area contributed by atoms with Crippen molar-refractivity contribution in [2.75, 3.05) is 19.7 Å². The molecule has 0 saturated carbocycles. The number of H-pyrrole nitrogens is 1. The number of nitrogens with two attached hydrogens (primary N) is 2. The van der Waals surface area contributed by atoms with Gasteiger partial charge in [-0.3, -0.25) is 9.59 Å². The molecule has 0 bridgehead atoms. The van der Waals surface area contributed by atoms with E-state index in [0.29, 0.717) is 0 Å². The Hall–Kier alpha value is -2.01. The minimum absolute atomic E-state index is 0.287. The van der Waals surface area contributed by atoms with E-state index in [0.717, 1.165) is 5.69 Å². The lowest BCUT2D eigenvalue weighted by atomic mass is 10.2. The lowest BCUT2D eigenvalue weighted by Gasteiger charge is -2.02. The zero-order chi connectivity index (χ0) is 16.3. The van der Waals surface area contributed by atoms with E-state index in [1.807, 2.05) is 0 Å². The van der Waals surface area contributed by atoms with Gasteiger partial charge in [-0.1, -0.05) is 0 Å². The summed E-state index contributed by atoms with van der Waals surface area (Å²) in [4.78, 5) is 26.4. The molecule has 1 aromatic heterocycles. The fraction of sp³-hybridized carbons (Fsp3) is 0.545. The van der Waals surface area contributed by atoms with Gasteiger partial charge >= 0.3 is 11.9 Å². The molecule has 1 aliphatic heterocycles. The number of imidazole rings is 1. The number of carboxylic acid groups (broad SMARTS) is 2. The summed E-state index contributed by atoms with van der Waals surface area (Å²) in [6.45, 7) is 2.00. The number of carboxylic acids is 2. The van der Waals surface area contributed by atoms with Crippen molar-refractivity contribution in [2.24, 2.45) is 11.5 Å². The summed E-state index contributed by atoms with van der Waals surface area (Å²) in [5.74, 6) is -2.18. The number of aromatic amines is 1. The Morgan fingerprint density at radius 2 is 1.76 bits per heavy atom. The molecule has 2 heterocycles. The predicted molar refractivity (Wildman–Crippen MR) is 73.5 cm³/mol. The molecule has 120 valence electrons. The van der Waals surface area contributed by atoms with E-state index < -0.39 is 30.6 Å². The first-order valence-electron chi connectivity index (χ1n) is 6.14. The zero-order valence-corrected chi connectivity index (χ0v) is 11.4. The van der Waals surface area contributed by atoms with Crippen LogP contribution in [0.4, 0.5) is 0 Å². The van der Waals surface area contributed by atoms with Crippen molar-refractivity contribution < 1.29 is 24.9 Å². The van der Waals surface area contributed by atoms with Crippen LogP contribution in [0.15, 0.2) is 12.5 Å². The monoisotopic (exact) mass is 303 g/mol. The van der Waals surface area contributed by atoms with Gasteiger partial charge in [0.1, 0.15) is 12.1 Å². The fourth-order valence-corrected chi connectivity index (χ4v) is 0.799. The summed E-state index contributed by atoms with van der Waals surface area (Å²) in [5.41, 5.74) is 10.8. The topological polar surface area (TPSA) is 197 Å². The highest BCUT2D eigenvalue weighted by Gasteiger charge is 2.12. The van der Waals surface area contributed by atoms with Gasteiger partial charge in [0.15, 0.2) is 0 Å². The van der Waals surface area contributed by atoms with Crippen LogP contribution < -0.4 is 16.8 Å². The van der Waals surface area contributed by atoms with Crippen molar-refractivity contribution in [3.63, 3.8) is 0 Å². The predicted octanol–water partition coefficient (Wildman–Crippen LogP) is -2.66. The summed E-state index contributed by atoms with van der Waals surface area (Å²) in [7, 11) is 0. The number of carbonyl (C=O) groups is 2. The van der Waals surface area contributed by atoms with Gasteiger partial charge in [0.2, 0.25) is 0 Å². The molecule has 2 rings (SSSR count). The van der Waals surface area contributed by atoms with Gasteiger partial charge < -0.3 is 37.1 Å². The average Bonchev–Trinajstić information content (AvgIpc) is 3.25. The number of aliphatic hydroxyl groups is 1. The largest absolute Gasteiger partial charge is 0.480 e. The summed E-state index contributed by atoms with van der Waals surface area (Å²) in [6, 6.07) is -1.98. The van der Waals surface area contributed by atoms with Crippen molar-refractivity contribution in [1.29, 1.82) is 0 Å². The molecule has 21 heavy (non-hydrogen) atoms. The molecule has 1 fully saturated rings. The molecule has 10 heteroatoms. The minimum Gasteiger partial charge on any atom is -0.480 e. The number of hydrogen-bond donors (Lipinski definition) is 7. The normalized spacial score (nSPS) is 14.6. The van der Waals surface area contributed by atoms with Gasteiger partial charge in [-0.2, -0.15) is 0 Å². The highest BCUT2D eigenvalue weighted by molar-refractivity contribution is 5.73. The number of aliphatic hydroxyl groups excluding tert-OH is 1. The Morgan fingerprint density at radius 3 is 2.00 bits per heavy atom. The Bertz CT molecular complexity index is 406. The Labute approximate surface area is 121 Å². The van der Waals surface area contributed by atoms with Crippen LogP contribution in [0.1, 0.15) is 5.69 Å². The number of aliphatic carboxylic acids is 2. The van der Waals surface area contributed by atoms with Gasteiger partial charge in [0, 0.05) is 31.4 Å². The van der Waals surface area contributed by atoms with Gasteiger partial charge in [0.25, 0.3) is 0 Å². The number of nitrogens with one attached hydrogen (secondary N) is 2. The summed E-state index contributed by atoms with van der Waals surface area (Å²) >= 11 is 0. The van der Waals surface area contributed by atoms with E-state index in [1.54, 1.807) is 6.20 Å². The van der Waals surface area contributed by atoms with E-state index in [4.69, 9.17) is 26.8 Å². The molecule has 2 atom stereocenters. The number of rotatable bonds is 5. The molecule has 1 aliphatic rings. The maximum Gasteiger partial charge on any atom is 0.322 e. The second-order valence-electron chi connectivity index (χ2n) is 4.10. The van der Waals surface area contributed by atoms with Crippen LogP contribution in [0.5, 0.6) is 0 Å². The fourth-order valence-electron chi connectivity index (χ4n) is 0.799. The smallest absolute Gasteiger partial charge is 0.322 e. The van der Waals surface area contributed by atoms with Crippen LogP contribution in [0.2, 0.25) is 0 Å². The van der Waals surface area contributed by atoms with Gasteiger partial charge in [-0.15, -0.1) is 0 Å². The molecule has 10 nitrogen and oxygen atoms in total. The van der Waals surface area contributed by atoms with Crippen LogP contribution in [-0.2, 0) is 16.0 Å². The van der Waals surface area contributed by atoms with Crippen molar-refractivity contribution in [2.45, 2.75) is 18.5 Å². The van der Waals surface area contributed by atoms with Crippen molar-refractivity contribution in [1.82, 2.24) is 15.3 Å². The Balaban J connectivity index is 0.000000339. The molecule has 0 aliphatic carbocycles. The lowest BCUT2D eigenvalue weighted by molar-refractivity contribution is -0.140. The van der Waals surface area contributed by atoms with Crippen LogP contribution >= 0.6 is 0 Å². The second-order valence-corrected chi connectivity index (χ2v) is 4.10. The Morgan fingerprint density at radius 1 is 1.24 bits per heavy atom. The van der Waals surface area contributed by atoms with Crippen LogP contribution in [0, 0.1) is 0 Å². The first kappa shape index (κ1) is 19.0. The van der Waals surface area contributed by atoms with E-state index >= 15 is 0 Å². The van der Waals surface area contributed by atoms with E-state index in [-0.39, 0.29) is 6.42 Å². The molecule has 1 saturated heterocycles. The molecule has 1 aromatic rings. The molecule has 9 N–H and O–H groups in total. The molecule has 2 unspecified atom stereocenters. The third kappa shape index (κ3) is 11.5. The molecule has 0 spiro atoms. The summed E-state index contributed by atoms with van der Waals surface area (Å²) in [6.07, 6.45) is 3.34. The number of aromatic nitrogens is 2. The first-order chi connectivity index (χ1) is 9.88. The van der Waals surface area contributed by atoms with Crippen LogP contribution in [-0.4, -0.2) is 69.0 Å². The standard InChI is InChI=1S/C6H9N3O2.C3H7NO3.C2H5N/c7-5(6(10)11)1-4-2-8-3-9-4;4-2(1-5)3(6)7;1-2-3-1/h2-3,5H,1,7H2,(H,8,9)(H,10,11);2,5H,1,4H2,(H,6,7);3H,1-2H2. The first-order valence-corrected chi connectivity index (χ1v) is 6.14. The maximum absolute atomic E-state index is 10.3.